The third kappa shape index (κ3) is 2.72. The van der Waals surface area contributed by atoms with Gasteiger partial charge in [-0.05, 0) is 31.0 Å². The summed E-state index contributed by atoms with van der Waals surface area (Å²) in [6.07, 6.45) is 2.19. The van der Waals surface area contributed by atoms with E-state index in [0.717, 1.165) is 43.6 Å². The van der Waals surface area contributed by atoms with E-state index in [2.05, 4.69) is 28.4 Å². The average molecular weight is 352 g/mol. The highest BCUT2D eigenvalue weighted by Gasteiger charge is 2.33. The van der Waals surface area contributed by atoms with E-state index in [9.17, 15) is 4.79 Å². The lowest BCUT2D eigenvalue weighted by molar-refractivity contribution is 0.0598. The number of para-hydroxylation sites is 1. The number of nitrogens with one attached hydrogen (secondary N) is 1. The van der Waals surface area contributed by atoms with Crippen LogP contribution in [0.3, 0.4) is 0 Å². The summed E-state index contributed by atoms with van der Waals surface area (Å²) in [5, 5.41) is 3.49. The Morgan fingerprint density at radius 1 is 1.12 bits per heavy atom. The smallest absolute Gasteiger partial charge is 0.342 e. The van der Waals surface area contributed by atoms with Crippen LogP contribution in [0, 0.1) is 0 Å². The van der Waals surface area contributed by atoms with Crippen molar-refractivity contribution in [3.63, 3.8) is 0 Å². The zero-order valence-corrected chi connectivity index (χ0v) is 15.2. The normalized spacial score (nSPS) is 18.7. The Morgan fingerprint density at radius 2 is 1.92 bits per heavy atom. The molecule has 2 aromatic rings. The van der Waals surface area contributed by atoms with Gasteiger partial charge in [-0.1, -0.05) is 30.3 Å². The number of nitrogens with zero attached hydrogens (tertiary/aromatic N) is 1. The molecular formula is C21H24N2O3. The summed E-state index contributed by atoms with van der Waals surface area (Å²) in [4.78, 5) is 15.0. The van der Waals surface area contributed by atoms with Crippen LogP contribution in [0.4, 0.5) is 5.69 Å². The zero-order valence-electron chi connectivity index (χ0n) is 15.2. The Bertz CT molecular complexity index is 834. The highest BCUT2D eigenvalue weighted by Crippen LogP contribution is 2.44. The predicted molar refractivity (Wildman–Crippen MR) is 102 cm³/mol. The molecule has 0 bridgehead atoms. The SMILES string of the molecule is COC(=O)c1c(OC)cccc1-c1cccc2c1N1CCNCCC1C2. The fourth-order valence-electron chi connectivity index (χ4n) is 4.24. The minimum Gasteiger partial charge on any atom is -0.496 e. The van der Waals surface area contributed by atoms with Crippen molar-refractivity contribution >= 4 is 11.7 Å². The summed E-state index contributed by atoms with van der Waals surface area (Å²) in [5.74, 6) is 0.168. The zero-order chi connectivity index (χ0) is 18.1. The molecule has 5 heteroatoms. The van der Waals surface area contributed by atoms with Gasteiger partial charge in [0.2, 0.25) is 0 Å². The van der Waals surface area contributed by atoms with Crippen molar-refractivity contribution in [3.8, 4) is 16.9 Å². The number of carbonyl (C=O) groups is 1. The van der Waals surface area contributed by atoms with Crippen LogP contribution in [0.1, 0.15) is 22.3 Å². The fraction of sp³-hybridized carbons (Fsp3) is 0.381. The van der Waals surface area contributed by atoms with Crippen LogP contribution in [-0.2, 0) is 11.2 Å². The van der Waals surface area contributed by atoms with Gasteiger partial charge in [0.15, 0.2) is 0 Å². The number of esters is 1. The number of hydrogen-bond donors (Lipinski definition) is 1. The molecule has 1 unspecified atom stereocenters. The molecule has 2 aliphatic heterocycles. The van der Waals surface area contributed by atoms with Crippen molar-refractivity contribution in [1.29, 1.82) is 0 Å². The number of hydrogen-bond acceptors (Lipinski definition) is 5. The average Bonchev–Trinajstić information content (AvgIpc) is 2.88. The van der Waals surface area contributed by atoms with Crippen LogP contribution in [-0.4, -0.2) is 45.9 Å². The molecule has 5 nitrogen and oxygen atoms in total. The van der Waals surface area contributed by atoms with E-state index in [0.29, 0.717) is 17.4 Å². The van der Waals surface area contributed by atoms with Crippen LogP contribution in [0.15, 0.2) is 36.4 Å². The quantitative estimate of drug-likeness (QED) is 0.861. The molecule has 2 aliphatic rings. The van der Waals surface area contributed by atoms with Gasteiger partial charge in [-0.15, -0.1) is 0 Å². The highest BCUT2D eigenvalue weighted by molar-refractivity contribution is 6.02. The monoisotopic (exact) mass is 352 g/mol. The van der Waals surface area contributed by atoms with Crippen molar-refractivity contribution in [2.75, 3.05) is 38.8 Å². The standard InChI is InChI=1S/C21H24N2O3/c1-25-18-8-4-6-16(19(18)21(24)26-2)17-7-3-5-14-13-15-9-10-22-11-12-23(15)20(14)17/h3-8,15,22H,9-13H2,1-2H3. The van der Waals surface area contributed by atoms with Gasteiger partial charge >= 0.3 is 5.97 Å². The molecule has 4 rings (SSSR count). The first-order valence-corrected chi connectivity index (χ1v) is 9.09. The Hall–Kier alpha value is -2.53. The fourth-order valence-corrected chi connectivity index (χ4v) is 4.24. The maximum absolute atomic E-state index is 12.5. The minimum absolute atomic E-state index is 0.373. The lowest BCUT2D eigenvalue weighted by Gasteiger charge is -2.27. The van der Waals surface area contributed by atoms with Gasteiger partial charge in [0.1, 0.15) is 11.3 Å². The Labute approximate surface area is 153 Å². The molecule has 0 amide bonds. The lowest BCUT2D eigenvalue weighted by Crippen LogP contribution is -2.33. The molecule has 2 aromatic carbocycles. The number of carbonyl (C=O) groups excluding carboxylic acids is 1. The second-order valence-electron chi connectivity index (χ2n) is 6.78. The van der Waals surface area contributed by atoms with Crippen LogP contribution in [0.2, 0.25) is 0 Å². The number of fused-ring (bicyclic) bond motifs is 3. The van der Waals surface area contributed by atoms with Gasteiger partial charge in [-0.25, -0.2) is 4.79 Å². The number of methoxy groups -OCH3 is 2. The van der Waals surface area contributed by atoms with Crippen molar-refractivity contribution in [2.45, 2.75) is 18.9 Å². The van der Waals surface area contributed by atoms with Crippen LogP contribution >= 0.6 is 0 Å². The highest BCUT2D eigenvalue weighted by atomic mass is 16.5. The molecule has 1 atom stereocenters. The van der Waals surface area contributed by atoms with Crippen molar-refractivity contribution in [2.24, 2.45) is 0 Å². The summed E-state index contributed by atoms with van der Waals surface area (Å²) in [6.45, 7) is 3.01. The maximum atomic E-state index is 12.5. The Balaban J connectivity index is 1.89. The molecule has 1 fully saturated rings. The van der Waals surface area contributed by atoms with Gasteiger partial charge < -0.3 is 19.7 Å². The summed E-state index contributed by atoms with van der Waals surface area (Å²) in [6, 6.07) is 12.6. The molecule has 0 aliphatic carbocycles. The van der Waals surface area contributed by atoms with Gasteiger partial charge in [0.25, 0.3) is 0 Å². The van der Waals surface area contributed by atoms with E-state index in [-0.39, 0.29) is 5.97 Å². The van der Waals surface area contributed by atoms with E-state index in [1.165, 1.54) is 18.4 Å². The van der Waals surface area contributed by atoms with Gasteiger partial charge in [-0.3, -0.25) is 0 Å². The van der Waals surface area contributed by atoms with Crippen molar-refractivity contribution in [1.82, 2.24) is 5.32 Å². The van der Waals surface area contributed by atoms with Crippen LogP contribution in [0.5, 0.6) is 5.75 Å². The van der Waals surface area contributed by atoms with E-state index >= 15 is 0 Å². The third-order valence-corrected chi connectivity index (χ3v) is 5.41. The van der Waals surface area contributed by atoms with E-state index in [1.54, 1.807) is 13.2 Å². The third-order valence-electron chi connectivity index (χ3n) is 5.41. The number of ether oxygens (including phenoxy) is 2. The molecule has 0 radical (unpaired) electrons. The van der Waals surface area contributed by atoms with Gasteiger partial charge in [0, 0.05) is 35.9 Å². The molecule has 0 saturated carbocycles. The largest absolute Gasteiger partial charge is 0.496 e. The first-order valence-electron chi connectivity index (χ1n) is 9.09. The molecule has 1 saturated heterocycles. The van der Waals surface area contributed by atoms with Gasteiger partial charge in [0.05, 0.1) is 14.2 Å². The van der Waals surface area contributed by atoms with Crippen molar-refractivity contribution in [3.05, 3.63) is 47.5 Å². The first kappa shape index (κ1) is 16.9. The van der Waals surface area contributed by atoms with Crippen LogP contribution < -0.4 is 15.0 Å². The van der Waals surface area contributed by atoms with Gasteiger partial charge in [-0.2, -0.15) is 0 Å². The van der Waals surface area contributed by atoms with E-state index in [4.69, 9.17) is 9.47 Å². The Kier molecular flexibility index (Phi) is 4.55. The summed E-state index contributed by atoms with van der Waals surface area (Å²) < 4.78 is 10.5. The number of anilines is 1. The van der Waals surface area contributed by atoms with Crippen molar-refractivity contribution < 1.29 is 14.3 Å². The molecule has 136 valence electrons. The molecule has 1 N–H and O–H groups in total. The van der Waals surface area contributed by atoms with E-state index < -0.39 is 0 Å². The molecule has 26 heavy (non-hydrogen) atoms. The summed E-state index contributed by atoms with van der Waals surface area (Å²) >= 11 is 0. The predicted octanol–water partition coefficient (Wildman–Crippen LogP) is 2.87. The topological polar surface area (TPSA) is 50.8 Å². The summed E-state index contributed by atoms with van der Waals surface area (Å²) in [5.41, 5.74) is 5.03. The number of benzene rings is 2. The minimum atomic E-state index is -0.373. The summed E-state index contributed by atoms with van der Waals surface area (Å²) in [7, 11) is 2.99. The van der Waals surface area contributed by atoms with Crippen LogP contribution in [0.25, 0.3) is 11.1 Å². The molecular weight excluding hydrogens is 328 g/mol. The lowest BCUT2D eigenvalue weighted by atomic mass is 9.95. The second-order valence-corrected chi connectivity index (χ2v) is 6.78. The first-order chi connectivity index (χ1) is 12.7. The number of rotatable bonds is 3. The second kappa shape index (κ2) is 7.00. The molecule has 0 aromatic heterocycles. The van der Waals surface area contributed by atoms with E-state index in [1.807, 2.05) is 12.1 Å². The Morgan fingerprint density at radius 3 is 2.73 bits per heavy atom. The maximum Gasteiger partial charge on any atom is 0.342 e. The molecule has 0 spiro atoms. The molecule has 2 heterocycles.